The number of nitrogens with one attached hydrogen (secondary N) is 2. The molecule has 2 amide bonds. The van der Waals surface area contributed by atoms with Gasteiger partial charge in [0, 0.05) is 5.02 Å². The fraction of sp³-hybridized carbons (Fsp3) is 0.167. The van der Waals surface area contributed by atoms with Crippen molar-refractivity contribution in [2.75, 3.05) is 6.54 Å². The van der Waals surface area contributed by atoms with E-state index >= 15 is 0 Å². The van der Waals surface area contributed by atoms with E-state index in [1.165, 1.54) is 12.1 Å². The molecule has 0 aliphatic heterocycles. The number of carbonyl (C=O) groups is 2. The van der Waals surface area contributed by atoms with Crippen LogP contribution in [-0.4, -0.2) is 18.4 Å². The minimum atomic E-state index is -0.397. The maximum absolute atomic E-state index is 13.2. The van der Waals surface area contributed by atoms with Gasteiger partial charge in [-0.3, -0.25) is 9.59 Å². The minimum Gasteiger partial charge on any atom is -0.347 e. The highest BCUT2D eigenvalue weighted by Gasteiger charge is 2.16. The molecule has 0 heterocycles. The zero-order chi connectivity index (χ0) is 21.3. The summed E-state index contributed by atoms with van der Waals surface area (Å²) in [4.78, 5) is 24.6. The number of hydrogen-bond acceptors (Lipinski definition) is 2. The summed E-state index contributed by atoms with van der Waals surface area (Å²) in [5, 5.41) is 6.22. The maximum atomic E-state index is 13.2. The summed E-state index contributed by atoms with van der Waals surface area (Å²) in [6.45, 7) is -0.155. The first kappa shape index (κ1) is 21.5. The summed E-state index contributed by atoms with van der Waals surface area (Å²) in [5.74, 6) is -1.04. The van der Waals surface area contributed by atoms with Crippen molar-refractivity contribution < 1.29 is 14.0 Å². The molecular weight excluding hydrogens is 403 g/mol. The van der Waals surface area contributed by atoms with Gasteiger partial charge in [-0.05, 0) is 47.4 Å². The van der Waals surface area contributed by atoms with Crippen molar-refractivity contribution in [1.82, 2.24) is 10.6 Å². The Morgan fingerprint density at radius 3 is 2.30 bits per heavy atom. The van der Waals surface area contributed by atoms with Crippen molar-refractivity contribution in [2.24, 2.45) is 0 Å². The Kier molecular flexibility index (Phi) is 7.57. The van der Waals surface area contributed by atoms with Gasteiger partial charge in [0.1, 0.15) is 5.82 Å². The number of hydrogen-bond donors (Lipinski definition) is 2. The van der Waals surface area contributed by atoms with Crippen LogP contribution in [0.3, 0.4) is 0 Å². The molecule has 1 atom stereocenters. The molecule has 154 valence electrons. The fourth-order valence-electron chi connectivity index (χ4n) is 3.11. The minimum absolute atomic E-state index is 0.0118. The normalized spacial score (nSPS) is 11.5. The predicted octanol–water partition coefficient (Wildman–Crippen LogP) is 4.24. The molecule has 0 bridgehead atoms. The second-order valence-corrected chi connectivity index (χ2v) is 7.38. The van der Waals surface area contributed by atoms with Gasteiger partial charge in [-0.15, -0.1) is 0 Å². The van der Waals surface area contributed by atoms with Crippen LogP contribution in [0.4, 0.5) is 4.39 Å². The van der Waals surface area contributed by atoms with Crippen LogP contribution in [0.2, 0.25) is 5.02 Å². The molecule has 0 fully saturated rings. The summed E-state index contributed by atoms with van der Waals surface area (Å²) in [6, 6.07) is 22.7. The molecule has 0 radical (unpaired) electrons. The molecule has 0 aromatic heterocycles. The van der Waals surface area contributed by atoms with Crippen molar-refractivity contribution in [2.45, 2.75) is 18.9 Å². The Hall–Kier alpha value is -3.18. The van der Waals surface area contributed by atoms with Crippen LogP contribution in [0.25, 0.3) is 0 Å². The smallest absolute Gasteiger partial charge is 0.239 e. The van der Waals surface area contributed by atoms with E-state index in [1.807, 2.05) is 54.6 Å². The van der Waals surface area contributed by atoms with Crippen LogP contribution in [0.1, 0.15) is 22.7 Å². The van der Waals surface area contributed by atoms with E-state index in [0.29, 0.717) is 17.0 Å². The zero-order valence-corrected chi connectivity index (χ0v) is 17.0. The number of rotatable bonds is 8. The second-order valence-electron chi connectivity index (χ2n) is 6.94. The summed E-state index contributed by atoms with van der Waals surface area (Å²) in [5.41, 5.74) is 2.55. The Bertz CT molecular complexity index is 994. The van der Waals surface area contributed by atoms with E-state index in [-0.39, 0.29) is 30.8 Å². The summed E-state index contributed by atoms with van der Waals surface area (Å²) in [6.07, 6.45) is 0.599. The van der Waals surface area contributed by atoms with Crippen LogP contribution >= 0.6 is 11.6 Å². The molecule has 30 heavy (non-hydrogen) atoms. The quantitative estimate of drug-likeness (QED) is 0.568. The molecule has 3 rings (SSSR count). The maximum Gasteiger partial charge on any atom is 0.239 e. The third-order valence-corrected chi connectivity index (χ3v) is 4.84. The first-order chi connectivity index (χ1) is 14.5. The van der Waals surface area contributed by atoms with Gasteiger partial charge in [-0.2, -0.15) is 0 Å². The van der Waals surface area contributed by atoms with Crippen molar-refractivity contribution in [1.29, 1.82) is 0 Å². The highest BCUT2D eigenvalue weighted by atomic mass is 35.5. The van der Waals surface area contributed by atoms with Gasteiger partial charge in [-0.25, -0.2) is 4.39 Å². The molecule has 0 saturated carbocycles. The van der Waals surface area contributed by atoms with Gasteiger partial charge in [-0.1, -0.05) is 66.2 Å². The first-order valence-corrected chi connectivity index (χ1v) is 9.97. The summed E-state index contributed by atoms with van der Waals surface area (Å²) < 4.78 is 13.2. The SMILES string of the molecule is O=C(Cc1cccc(F)c1)NCC(=O)NC(Cc1ccc(Cl)cc1)c1ccccc1. The average Bonchev–Trinajstić information content (AvgIpc) is 2.74. The van der Waals surface area contributed by atoms with E-state index in [9.17, 15) is 14.0 Å². The average molecular weight is 425 g/mol. The molecule has 0 saturated heterocycles. The third-order valence-electron chi connectivity index (χ3n) is 4.59. The molecule has 0 aliphatic rings. The van der Waals surface area contributed by atoms with E-state index in [4.69, 9.17) is 11.6 Å². The van der Waals surface area contributed by atoms with Crippen LogP contribution < -0.4 is 10.6 Å². The first-order valence-electron chi connectivity index (χ1n) is 9.59. The lowest BCUT2D eigenvalue weighted by Crippen LogP contribution is -2.39. The van der Waals surface area contributed by atoms with E-state index < -0.39 is 5.82 Å². The standard InChI is InChI=1S/C24H22ClFN2O2/c25-20-11-9-17(10-12-20)14-22(19-6-2-1-3-7-19)28-24(30)16-27-23(29)15-18-5-4-8-21(26)13-18/h1-13,22H,14-16H2,(H,27,29)(H,28,30). The largest absolute Gasteiger partial charge is 0.347 e. The molecule has 3 aromatic carbocycles. The Morgan fingerprint density at radius 1 is 0.867 bits per heavy atom. The van der Waals surface area contributed by atoms with Gasteiger partial charge in [0.25, 0.3) is 0 Å². The van der Waals surface area contributed by atoms with Crippen molar-refractivity contribution >= 4 is 23.4 Å². The van der Waals surface area contributed by atoms with Gasteiger partial charge < -0.3 is 10.6 Å². The Labute approximate surface area is 180 Å². The fourth-order valence-corrected chi connectivity index (χ4v) is 3.24. The summed E-state index contributed by atoms with van der Waals surface area (Å²) in [7, 11) is 0. The van der Waals surface area contributed by atoms with Crippen molar-refractivity contribution in [3.05, 3.63) is 106 Å². The molecular formula is C24H22ClFN2O2. The number of benzene rings is 3. The highest BCUT2D eigenvalue weighted by molar-refractivity contribution is 6.30. The molecule has 0 spiro atoms. The van der Waals surface area contributed by atoms with Gasteiger partial charge in [0.2, 0.25) is 11.8 Å². The third kappa shape index (κ3) is 6.71. The zero-order valence-electron chi connectivity index (χ0n) is 16.3. The lowest BCUT2D eigenvalue weighted by Gasteiger charge is -2.20. The van der Waals surface area contributed by atoms with Crippen LogP contribution in [0.15, 0.2) is 78.9 Å². The second kappa shape index (κ2) is 10.6. The Morgan fingerprint density at radius 2 is 1.60 bits per heavy atom. The molecule has 6 heteroatoms. The van der Waals surface area contributed by atoms with E-state index in [2.05, 4.69) is 10.6 Å². The molecule has 0 aliphatic carbocycles. The number of carbonyl (C=O) groups excluding carboxylic acids is 2. The van der Waals surface area contributed by atoms with E-state index in [1.54, 1.807) is 12.1 Å². The molecule has 1 unspecified atom stereocenters. The van der Waals surface area contributed by atoms with Crippen molar-refractivity contribution in [3.8, 4) is 0 Å². The summed E-state index contributed by atoms with van der Waals surface area (Å²) >= 11 is 5.96. The molecule has 4 nitrogen and oxygen atoms in total. The molecule has 2 N–H and O–H groups in total. The van der Waals surface area contributed by atoms with Crippen molar-refractivity contribution in [3.63, 3.8) is 0 Å². The monoisotopic (exact) mass is 424 g/mol. The Balaban J connectivity index is 1.58. The van der Waals surface area contributed by atoms with Crippen LogP contribution in [-0.2, 0) is 22.4 Å². The topological polar surface area (TPSA) is 58.2 Å². The number of halogens is 2. The van der Waals surface area contributed by atoms with Crippen LogP contribution in [0, 0.1) is 5.82 Å². The van der Waals surface area contributed by atoms with E-state index in [0.717, 1.165) is 11.1 Å². The lowest BCUT2D eigenvalue weighted by atomic mass is 9.99. The molecule has 3 aromatic rings. The predicted molar refractivity (Wildman–Crippen MR) is 116 cm³/mol. The van der Waals surface area contributed by atoms with Gasteiger partial charge in [0.15, 0.2) is 0 Å². The van der Waals surface area contributed by atoms with Crippen LogP contribution in [0.5, 0.6) is 0 Å². The number of amides is 2. The van der Waals surface area contributed by atoms with Gasteiger partial charge in [0.05, 0.1) is 19.0 Å². The highest BCUT2D eigenvalue weighted by Crippen LogP contribution is 2.20. The lowest BCUT2D eigenvalue weighted by molar-refractivity contribution is -0.126. The van der Waals surface area contributed by atoms with Gasteiger partial charge >= 0.3 is 0 Å².